The highest BCUT2D eigenvalue weighted by atomic mass is 32.2. The van der Waals surface area contributed by atoms with E-state index in [1.54, 1.807) is 13.4 Å². The number of hydrogen-bond donors (Lipinski definition) is 2. The molecule has 2 N–H and O–H groups in total. The van der Waals surface area contributed by atoms with Gasteiger partial charge < -0.3 is 15.2 Å². The van der Waals surface area contributed by atoms with Crippen LogP contribution in [0, 0.1) is 0 Å². The van der Waals surface area contributed by atoms with E-state index in [1.165, 1.54) is 0 Å². The van der Waals surface area contributed by atoms with E-state index in [4.69, 9.17) is 0 Å². The number of guanidine groups is 1. The van der Waals surface area contributed by atoms with E-state index in [1.807, 2.05) is 23.4 Å². The van der Waals surface area contributed by atoms with E-state index >= 15 is 0 Å². The van der Waals surface area contributed by atoms with Gasteiger partial charge in [-0.3, -0.25) is 4.99 Å². The fourth-order valence-electron chi connectivity index (χ4n) is 1.22. The molecule has 7 heteroatoms. The topological polar surface area (TPSA) is 67.1 Å². The minimum absolute atomic E-state index is 0.183. The Kier molecular flexibility index (Phi) is 5.46. The molecule has 0 fully saturated rings. The van der Waals surface area contributed by atoms with Gasteiger partial charge in [0.25, 0.3) is 0 Å². The zero-order valence-electron chi connectivity index (χ0n) is 11.7. The van der Waals surface area contributed by atoms with Gasteiger partial charge in [0.1, 0.15) is 6.33 Å². The Morgan fingerprint density at radius 2 is 2.22 bits per heavy atom. The minimum Gasteiger partial charge on any atom is -0.355 e. The zero-order valence-corrected chi connectivity index (χ0v) is 12.5. The van der Waals surface area contributed by atoms with E-state index in [-0.39, 0.29) is 4.75 Å². The highest BCUT2D eigenvalue weighted by Gasteiger charge is 2.16. The maximum atomic E-state index is 4.18. The van der Waals surface area contributed by atoms with Gasteiger partial charge >= 0.3 is 0 Å². The monoisotopic (exact) mass is 270 g/mol. The third kappa shape index (κ3) is 4.56. The van der Waals surface area contributed by atoms with Gasteiger partial charge in [0.15, 0.2) is 11.8 Å². The molecule has 0 bridgehead atoms. The average Bonchev–Trinajstić information content (AvgIpc) is 2.75. The molecule has 0 saturated carbocycles. The highest BCUT2D eigenvalue weighted by molar-refractivity contribution is 7.99. The largest absolute Gasteiger partial charge is 0.355 e. The van der Waals surface area contributed by atoms with Crippen molar-refractivity contribution in [1.82, 2.24) is 25.4 Å². The molecule has 0 aromatic carbocycles. The zero-order chi connectivity index (χ0) is 13.6. The quantitative estimate of drug-likeness (QED) is 0.606. The Labute approximate surface area is 113 Å². The van der Waals surface area contributed by atoms with Gasteiger partial charge in [-0.25, -0.2) is 0 Å². The number of nitrogens with zero attached hydrogens (tertiary/aromatic N) is 4. The summed E-state index contributed by atoms with van der Waals surface area (Å²) >= 11 is 1.83. The molecule has 0 aliphatic rings. The third-order valence-corrected chi connectivity index (χ3v) is 3.93. The maximum absolute atomic E-state index is 4.18. The summed E-state index contributed by atoms with van der Waals surface area (Å²) in [5.41, 5.74) is 0. The van der Waals surface area contributed by atoms with Crippen molar-refractivity contribution in [1.29, 1.82) is 0 Å². The van der Waals surface area contributed by atoms with Gasteiger partial charge in [0.2, 0.25) is 0 Å². The Hall–Kier alpha value is -1.24. The molecule has 0 saturated heterocycles. The summed E-state index contributed by atoms with van der Waals surface area (Å²) in [4.78, 5) is 4.18. The molecule has 0 spiro atoms. The van der Waals surface area contributed by atoms with Gasteiger partial charge in [-0.2, -0.15) is 11.8 Å². The van der Waals surface area contributed by atoms with Crippen molar-refractivity contribution in [3.8, 4) is 0 Å². The predicted octanol–water partition coefficient (Wildman–Crippen LogP) is 0.622. The Morgan fingerprint density at radius 3 is 2.72 bits per heavy atom. The normalized spacial score (nSPS) is 12.6. The van der Waals surface area contributed by atoms with E-state index in [9.17, 15) is 0 Å². The second kappa shape index (κ2) is 6.63. The van der Waals surface area contributed by atoms with Crippen molar-refractivity contribution >= 4 is 17.7 Å². The molecule has 102 valence electrons. The molecule has 0 atom stereocenters. The summed E-state index contributed by atoms with van der Waals surface area (Å²) in [6, 6.07) is 0. The van der Waals surface area contributed by atoms with Crippen molar-refractivity contribution in [2.45, 2.75) is 25.1 Å². The minimum atomic E-state index is 0.183. The summed E-state index contributed by atoms with van der Waals surface area (Å²) in [5.74, 6) is 1.65. The fourth-order valence-corrected chi connectivity index (χ4v) is 1.44. The SMILES string of the molecule is CN=C(NCc1nncn1C)NCC(C)(C)SC. The van der Waals surface area contributed by atoms with Crippen LogP contribution >= 0.6 is 11.8 Å². The van der Waals surface area contributed by atoms with E-state index in [2.05, 4.69) is 45.9 Å². The molecule has 1 aromatic heterocycles. The van der Waals surface area contributed by atoms with Crippen LogP contribution in [0.4, 0.5) is 0 Å². The van der Waals surface area contributed by atoms with Crippen molar-refractivity contribution in [2.75, 3.05) is 19.8 Å². The fraction of sp³-hybridized carbons (Fsp3) is 0.727. The summed E-state index contributed by atoms with van der Waals surface area (Å²) in [5, 5.41) is 14.4. The first-order chi connectivity index (χ1) is 8.48. The Balaban J connectivity index is 2.42. The van der Waals surface area contributed by atoms with Crippen molar-refractivity contribution in [3.63, 3.8) is 0 Å². The van der Waals surface area contributed by atoms with Gasteiger partial charge in [-0.1, -0.05) is 0 Å². The molecule has 1 heterocycles. The van der Waals surface area contributed by atoms with E-state index < -0.39 is 0 Å². The predicted molar refractivity (Wildman–Crippen MR) is 76.8 cm³/mol. The second-order valence-corrected chi connectivity index (χ2v) is 6.11. The molecule has 6 nitrogen and oxygen atoms in total. The lowest BCUT2D eigenvalue weighted by Crippen LogP contribution is -2.43. The van der Waals surface area contributed by atoms with Crippen LogP contribution < -0.4 is 10.6 Å². The van der Waals surface area contributed by atoms with Crippen molar-refractivity contribution in [2.24, 2.45) is 12.0 Å². The van der Waals surface area contributed by atoms with Crippen molar-refractivity contribution < 1.29 is 0 Å². The number of thioether (sulfide) groups is 1. The smallest absolute Gasteiger partial charge is 0.191 e. The third-order valence-electron chi connectivity index (χ3n) is 2.68. The van der Waals surface area contributed by atoms with Crippen LogP contribution in [0.2, 0.25) is 0 Å². The maximum Gasteiger partial charge on any atom is 0.191 e. The van der Waals surface area contributed by atoms with Crippen LogP contribution in [-0.2, 0) is 13.6 Å². The lowest BCUT2D eigenvalue weighted by Gasteiger charge is -2.23. The lowest BCUT2D eigenvalue weighted by molar-refractivity contribution is 0.657. The summed E-state index contributed by atoms with van der Waals surface area (Å²) in [6.45, 7) is 5.85. The molecule has 1 aromatic rings. The first-order valence-corrected chi connectivity index (χ1v) is 7.03. The Bertz CT molecular complexity index is 398. The number of hydrogen-bond acceptors (Lipinski definition) is 4. The number of aromatic nitrogens is 3. The summed E-state index contributed by atoms with van der Waals surface area (Å²) in [7, 11) is 3.68. The molecule has 0 aliphatic carbocycles. The molecule has 0 aliphatic heterocycles. The van der Waals surface area contributed by atoms with E-state index in [0.717, 1.165) is 18.3 Å². The summed E-state index contributed by atoms with van der Waals surface area (Å²) < 4.78 is 2.06. The standard InChI is InChI=1S/C11H22N6S/c1-11(2,18-5)7-14-10(12-3)13-6-9-16-15-8-17(9)4/h8H,6-7H2,1-5H3,(H2,12,13,14). The second-order valence-electron chi connectivity index (χ2n) is 4.60. The van der Waals surface area contributed by atoms with Gasteiger partial charge in [0, 0.05) is 25.4 Å². The van der Waals surface area contributed by atoms with Crippen LogP contribution in [0.3, 0.4) is 0 Å². The van der Waals surface area contributed by atoms with Gasteiger partial charge in [-0.05, 0) is 20.1 Å². The number of rotatable bonds is 5. The van der Waals surface area contributed by atoms with Crippen molar-refractivity contribution in [3.05, 3.63) is 12.2 Å². The molecular formula is C11H22N6S. The van der Waals surface area contributed by atoms with Crippen LogP contribution in [0.15, 0.2) is 11.3 Å². The Morgan fingerprint density at radius 1 is 1.50 bits per heavy atom. The van der Waals surface area contributed by atoms with Crippen LogP contribution in [-0.4, -0.2) is 45.3 Å². The first kappa shape index (κ1) is 14.8. The van der Waals surface area contributed by atoms with Crippen LogP contribution in [0.25, 0.3) is 0 Å². The molecule has 0 unspecified atom stereocenters. The molecule has 0 radical (unpaired) electrons. The van der Waals surface area contributed by atoms with Gasteiger partial charge in [-0.15, -0.1) is 10.2 Å². The van der Waals surface area contributed by atoms with E-state index in [0.29, 0.717) is 6.54 Å². The van der Waals surface area contributed by atoms with Crippen LogP contribution in [0.1, 0.15) is 19.7 Å². The number of aliphatic imine (C=N–C) groups is 1. The molecule has 1 rings (SSSR count). The molecular weight excluding hydrogens is 248 g/mol. The lowest BCUT2D eigenvalue weighted by atomic mass is 10.2. The highest BCUT2D eigenvalue weighted by Crippen LogP contribution is 2.19. The van der Waals surface area contributed by atoms with Crippen LogP contribution in [0.5, 0.6) is 0 Å². The number of nitrogens with one attached hydrogen (secondary N) is 2. The number of aryl methyl sites for hydroxylation is 1. The van der Waals surface area contributed by atoms with Gasteiger partial charge in [0.05, 0.1) is 6.54 Å². The average molecular weight is 270 g/mol. The summed E-state index contributed by atoms with van der Waals surface area (Å²) in [6.07, 6.45) is 3.79. The molecule has 0 amide bonds. The molecule has 18 heavy (non-hydrogen) atoms. The first-order valence-electron chi connectivity index (χ1n) is 5.81.